The van der Waals surface area contributed by atoms with E-state index in [-0.39, 0.29) is 47.3 Å². The fraction of sp³-hybridized carbons (Fsp3) is 0.450. The fourth-order valence-electron chi connectivity index (χ4n) is 4.28. The number of nitro groups is 1. The summed E-state index contributed by atoms with van der Waals surface area (Å²) in [4.78, 5) is 36.0. The predicted octanol–water partition coefficient (Wildman–Crippen LogP) is 2.91. The molecule has 1 aromatic rings. The van der Waals surface area contributed by atoms with Crippen LogP contribution < -0.4 is 4.74 Å². The molecule has 0 spiro atoms. The van der Waals surface area contributed by atoms with Gasteiger partial charge in [0.25, 0.3) is 17.5 Å². The summed E-state index contributed by atoms with van der Waals surface area (Å²) in [6.45, 7) is 3.85. The molecule has 1 aromatic carbocycles. The molecule has 3 aliphatic rings. The van der Waals surface area contributed by atoms with E-state index < -0.39 is 4.92 Å². The molecule has 0 aromatic heterocycles. The molecule has 0 radical (unpaired) electrons. The number of nitro benzene ring substituents is 1. The van der Waals surface area contributed by atoms with Crippen LogP contribution in [-0.4, -0.2) is 34.1 Å². The van der Waals surface area contributed by atoms with Crippen molar-refractivity contribution >= 4 is 23.7 Å². The van der Waals surface area contributed by atoms with Crippen LogP contribution in [0.25, 0.3) is 0 Å². The van der Waals surface area contributed by atoms with Crippen LogP contribution in [-0.2, 0) is 9.59 Å². The standard InChI is InChI=1S/C20H21N3O5/c1-3-11(2)28-16-7-6-15(23(26)27)9-14(16)10-21-22-19(24)17-12-4-5-13(8-12)18(17)20(22)25/h4-7,9-13,17-18H,3,8H2,1-2H3/t11-,12-,13-,17-,18+/m0/s1. The number of hydrogen-bond donors (Lipinski definition) is 0. The second kappa shape index (κ2) is 6.85. The molecule has 146 valence electrons. The fourth-order valence-corrected chi connectivity index (χ4v) is 4.28. The minimum Gasteiger partial charge on any atom is -0.490 e. The summed E-state index contributed by atoms with van der Waals surface area (Å²) < 4.78 is 5.80. The first-order valence-corrected chi connectivity index (χ1v) is 9.46. The van der Waals surface area contributed by atoms with E-state index in [1.807, 2.05) is 26.0 Å². The van der Waals surface area contributed by atoms with Crippen LogP contribution in [0.4, 0.5) is 5.69 Å². The van der Waals surface area contributed by atoms with Crippen molar-refractivity contribution < 1.29 is 19.2 Å². The van der Waals surface area contributed by atoms with Gasteiger partial charge in [-0.05, 0) is 37.7 Å². The molecule has 28 heavy (non-hydrogen) atoms. The maximum atomic E-state index is 12.7. The number of allylic oxidation sites excluding steroid dienone is 2. The topological polar surface area (TPSA) is 102 Å². The Kier molecular flexibility index (Phi) is 4.49. The third-order valence-electron chi connectivity index (χ3n) is 5.87. The summed E-state index contributed by atoms with van der Waals surface area (Å²) in [6, 6.07) is 4.20. The molecule has 2 amide bonds. The lowest BCUT2D eigenvalue weighted by Gasteiger charge is -2.15. The quantitative estimate of drug-likeness (QED) is 0.247. The van der Waals surface area contributed by atoms with Crippen molar-refractivity contribution in [2.24, 2.45) is 28.8 Å². The second-order valence-electron chi connectivity index (χ2n) is 7.55. The number of hydrogen-bond acceptors (Lipinski definition) is 6. The van der Waals surface area contributed by atoms with Gasteiger partial charge in [0.2, 0.25) is 0 Å². The third kappa shape index (κ3) is 2.89. The molecule has 1 heterocycles. The van der Waals surface area contributed by atoms with E-state index >= 15 is 0 Å². The highest BCUT2D eigenvalue weighted by Gasteiger charge is 2.59. The smallest absolute Gasteiger partial charge is 0.270 e. The normalized spacial score (nSPS) is 29.0. The van der Waals surface area contributed by atoms with Crippen molar-refractivity contribution in [3.05, 3.63) is 46.0 Å². The molecule has 8 nitrogen and oxygen atoms in total. The summed E-state index contributed by atoms with van der Waals surface area (Å²) >= 11 is 0. The number of benzene rings is 1. The van der Waals surface area contributed by atoms with Gasteiger partial charge in [-0.1, -0.05) is 19.1 Å². The van der Waals surface area contributed by atoms with Gasteiger partial charge in [0.15, 0.2) is 0 Å². The van der Waals surface area contributed by atoms with E-state index in [9.17, 15) is 19.7 Å². The van der Waals surface area contributed by atoms with Gasteiger partial charge >= 0.3 is 0 Å². The lowest BCUT2D eigenvalue weighted by Crippen LogP contribution is -2.28. The van der Waals surface area contributed by atoms with E-state index in [0.29, 0.717) is 11.3 Å². The lowest BCUT2D eigenvalue weighted by molar-refractivity contribution is -0.384. The average molecular weight is 383 g/mol. The van der Waals surface area contributed by atoms with E-state index in [4.69, 9.17) is 4.74 Å². The highest BCUT2D eigenvalue weighted by atomic mass is 16.6. The number of non-ortho nitro benzene ring substituents is 1. The summed E-state index contributed by atoms with van der Waals surface area (Å²) in [7, 11) is 0. The zero-order valence-electron chi connectivity index (χ0n) is 15.6. The zero-order valence-corrected chi connectivity index (χ0v) is 15.6. The van der Waals surface area contributed by atoms with Gasteiger partial charge in [-0.15, -0.1) is 0 Å². The Morgan fingerprint density at radius 2 is 1.93 bits per heavy atom. The Hall–Kier alpha value is -3.03. The van der Waals surface area contributed by atoms with Crippen LogP contribution in [0, 0.1) is 33.8 Å². The molecule has 1 aliphatic heterocycles. The van der Waals surface area contributed by atoms with E-state index in [2.05, 4.69) is 5.10 Å². The van der Waals surface area contributed by atoms with Gasteiger partial charge in [-0.3, -0.25) is 19.7 Å². The van der Waals surface area contributed by atoms with Gasteiger partial charge in [-0.25, -0.2) is 0 Å². The van der Waals surface area contributed by atoms with E-state index in [1.165, 1.54) is 24.4 Å². The number of carbonyl (C=O) groups excluding carboxylic acids is 2. The van der Waals surface area contributed by atoms with E-state index in [0.717, 1.165) is 17.9 Å². The number of carbonyl (C=O) groups is 2. The third-order valence-corrected chi connectivity index (χ3v) is 5.87. The molecule has 8 heteroatoms. The highest BCUT2D eigenvalue weighted by molar-refractivity contribution is 6.07. The molecule has 2 bridgehead atoms. The van der Waals surface area contributed by atoms with Gasteiger partial charge in [0, 0.05) is 17.7 Å². The first-order valence-electron chi connectivity index (χ1n) is 9.46. The molecule has 0 N–H and O–H groups in total. The van der Waals surface area contributed by atoms with Crippen molar-refractivity contribution in [3.8, 4) is 5.75 Å². The van der Waals surface area contributed by atoms with Crippen molar-refractivity contribution in [2.45, 2.75) is 32.8 Å². The van der Waals surface area contributed by atoms with Crippen LogP contribution in [0.2, 0.25) is 0 Å². The summed E-state index contributed by atoms with van der Waals surface area (Å²) in [6.07, 6.45) is 6.85. The van der Waals surface area contributed by atoms with Crippen LogP contribution in [0.3, 0.4) is 0 Å². The lowest BCUT2D eigenvalue weighted by atomic mass is 9.85. The van der Waals surface area contributed by atoms with Crippen LogP contribution in [0.5, 0.6) is 5.75 Å². The molecule has 5 atom stereocenters. The van der Waals surface area contributed by atoms with Gasteiger partial charge in [-0.2, -0.15) is 10.1 Å². The van der Waals surface area contributed by atoms with Crippen molar-refractivity contribution in [1.29, 1.82) is 0 Å². The summed E-state index contributed by atoms with van der Waals surface area (Å²) in [5, 5.41) is 16.1. The van der Waals surface area contributed by atoms with Gasteiger partial charge < -0.3 is 4.74 Å². The predicted molar refractivity (Wildman–Crippen MR) is 101 cm³/mol. The van der Waals surface area contributed by atoms with Gasteiger partial charge in [0.1, 0.15) is 5.75 Å². The number of ether oxygens (including phenoxy) is 1. The molecule has 1 saturated carbocycles. The zero-order chi connectivity index (χ0) is 20.0. The first kappa shape index (κ1) is 18.3. The van der Waals surface area contributed by atoms with Crippen molar-refractivity contribution in [2.75, 3.05) is 0 Å². The largest absolute Gasteiger partial charge is 0.490 e. The number of imide groups is 1. The number of amides is 2. The highest BCUT2D eigenvalue weighted by Crippen LogP contribution is 2.52. The SMILES string of the molecule is CC[C@H](C)Oc1ccc([N+](=O)[O-])cc1C=NN1C(=O)[C@@H]2[C@H](C1=O)[C@H]1C=C[C@H]2C1. The Bertz CT molecular complexity index is 879. The Labute approximate surface area is 162 Å². The Morgan fingerprint density at radius 1 is 1.29 bits per heavy atom. The second-order valence-corrected chi connectivity index (χ2v) is 7.55. The number of nitrogens with zero attached hydrogens (tertiary/aromatic N) is 3. The molecular formula is C20H21N3O5. The van der Waals surface area contributed by atoms with Crippen molar-refractivity contribution in [3.63, 3.8) is 0 Å². The minimum absolute atomic E-state index is 0.0929. The monoisotopic (exact) mass is 383 g/mol. The van der Waals surface area contributed by atoms with Gasteiger partial charge in [0.05, 0.1) is 29.1 Å². The minimum atomic E-state index is -0.510. The van der Waals surface area contributed by atoms with Crippen LogP contribution in [0.15, 0.2) is 35.5 Å². The summed E-state index contributed by atoms with van der Waals surface area (Å²) in [5.41, 5.74) is 0.240. The molecule has 0 unspecified atom stereocenters. The molecule has 1 saturated heterocycles. The molecule has 2 aliphatic carbocycles. The molecule has 4 rings (SSSR count). The number of rotatable bonds is 6. The first-order chi connectivity index (χ1) is 13.4. The van der Waals surface area contributed by atoms with Crippen molar-refractivity contribution in [1.82, 2.24) is 5.01 Å². The summed E-state index contributed by atoms with van der Waals surface area (Å²) in [5.74, 6) is -0.621. The maximum Gasteiger partial charge on any atom is 0.270 e. The number of hydrazone groups is 1. The number of fused-ring (bicyclic) bond motifs is 5. The maximum absolute atomic E-state index is 12.7. The molecule has 2 fully saturated rings. The van der Waals surface area contributed by atoms with Crippen LogP contribution >= 0.6 is 0 Å². The Balaban J connectivity index is 1.62. The molecular weight excluding hydrogens is 362 g/mol. The average Bonchev–Trinajstić information content (AvgIpc) is 3.35. The van der Waals surface area contributed by atoms with E-state index in [1.54, 1.807) is 0 Å². The Morgan fingerprint density at radius 3 is 2.50 bits per heavy atom. The van der Waals surface area contributed by atoms with Crippen LogP contribution in [0.1, 0.15) is 32.3 Å².